The molecule has 0 N–H and O–H groups in total. The van der Waals surface area contributed by atoms with Gasteiger partial charge in [-0.3, -0.25) is 10.1 Å². The van der Waals surface area contributed by atoms with Crippen LogP contribution < -0.4 is 9.64 Å². The predicted molar refractivity (Wildman–Crippen MR) is 94.2 cm³/mol. The minimum absolute atomic E-state index is 0.0566. The molecule has 1 aromatic carbocycles. The molecule has 0 atom stereocenters. The van der Waals surface area contributed by atoms with Gasteiger partial charge in [-0.25, -0.2) is 9.18 Å². The molecule has 9 heteroatoms. The van der Waals surface area contributed by atoms with Crippen molar-refractivity contribution in [1.29, 1.82) is 0 Å². The van der Waals surface area contributed by atoms with Crippen molar-refractivity contribution in [1.82, 2.24) is 4.90 Å². The van der Waals surface area contributed by atoms with Gasteiger partial charge in [0.2, 0.25) is 0 Å². The van der Waals surface area contributed by atoms with Crippen LogP contribution in [0.15, 0.2) is 12.1 Å². The SMILES string of the molecule is COc1cc(N2CCCN(C(=O)OC(C)(C)C)CC2)c([N+](=O)[O-])cc1F. The van der Waals surface area contributed by atoms with Gasteiger partial charge >= 0.3 is 6.09 Å². The van der Waals surface area contributed by atoms with Crippen LogP contribution in [0.5, 0.6) is 5.75 Å². The second-order valence-electron chi connectivity index (χ2n) is 7.04. The number of nitro benzene ring substituents is 1. The molecule has 0 spiro atoms. The maximum absolute atomic E-state index is 13.8. The highest BCUT2D eigenvalue weighted by Crippen LogP contribution is 2.35. The third kappa shape index (κ3) is 4.74. The number of rotatable bonds is 3. The lowest BCUT2D eigenvalue weighted by Gasteiger charge is -2.27. The van der Waals surface area contributed by atoms with Gasteiger partial charge < -0.3 is 19.3 Å². The largest absolute Gasteiger partial charge is 0.494 e. The highest BCUT2D eigenvalue weighted by Gasteiger charge is 2.28. The lowest BCUT2D eigenvalue weighted by Crippen LogP contribution is -2.39. The average molecular weight is 369 g/mol. The van der Waals surface area contributed by atoms with E-state index in [-0.39, 0.29) is 17.1 Å². The Kier molecular flexibility index (Phi) is 5.89. The number of methoxy groups -OCH3 is 1. The van der Waals surface area contributed by atoms with Crippen LogP contribution in [0.3, 0.4) is 0 Å². The van der Waals surface area contributed by atoms with Crippen molar-refractivity contribution in [2.75, 3.05) is 38.2 Å². The number of hydrogen-bond donors (Lipinski definition) is 0. The van der Waals surface area contributed by atoms with Gasteiger partial charge in [0, 0.05) is 32.2 Å². The first-order valence-electron chi connectivity index (χ1n) is 8.37. The van der Waals surface area contributed by atoms with Gasteiger partial charge in [0.25, 0.3) is 5.69 Å². The molecule has 1 amide bonds. The monoisotopic (exact) mass is 369 g/mol. The molecule has 0 unspecified atom stereocenters. The van der Waals surface area contributed by atoms with Crippen molar-refractivity contribution >= 4 is 17.5 Å². The minimum atomic E-state index is -0.784. The lowest BCUT2D eigenvalue weighted by molar-refractivity contribution is -0.384. The molecule has 1 aliphatic rings. The summed E-state index contributed by atoms with van der Waals surface area (Å²) in [6.45, 7) is 7.09. The van der Waals surface area contributed by atoms with Crippen LogP contribution in [0.1, 0.15) is 27.2 Å². The van der Waals surface area contributed by atoms with E-state index in [0.29, 0.717) is 32.6 Å². The Hall–Kier alpha value is -2.58. The zero-order chi connectivity index (χ0) is 19.5. The number of carbonyl (C=O) groups is 1. The molecule has 0 radical (unpaired) electrons. The minimum Gasteiger partial charge on any atom is -0.494 e. The Balaban J connectivity index is 2.21. The Bertz CT molecular complexity index is 690. The lowest BCUT2D eigenvalue weighted by atomic mass is 10.2. The molecule has 1 fully saturated rings. The second-order valence-corrected chi connectivity index (χ2v) is 7.04. The first kappa shape index (κ1) is 19.7. The summed E-state index contributed by atoms with van der Waals surface area (Å²) < 4.78 is 24.2. The van der Waals surface area contributed by atoms with Crippen molar-refractivity contribution in [3.63, 3.8) is 0 Å². The molecular formula is C17H24FN3O5. The number of amides is 1. The van der Waals surface area contributed by atoms with Gasteiger partial charge in [-0.05, 0) is 27.2 Å². The van der Waals surface area contributed by atoms with Crippen LogP contribution in [-0.2, 0) is 4.74 Å². The standard InChI is InChI=1S/C17H24FN3O5/c1-17(2,3)26-16(22)20-7-5-6-19(8-9-20)13-11-15(25-4)12(18)10-14(13)21(23)24/h10-11H,5-9H2,1-4H3. The van der Waals surface area contributed by atoms with Gasteiger partial charge in [-0.2, -0.15) is 0 Å². The molecule has 26 heavy (non-hydrogen) atoms. The number of hydrogen-bond acceptors (Lipinski definition) is 6. The Morgan fingerprint density at radius 2 is 1.92 bits per heavy atom. The molecule has 2 rings (SSSR count). The molecule has 1 heterocycles. The molecule has 1 aliphatic heterocycles. The fourth-order valence-corrected chi connectivity index (χ4v) is 2.76. The third-order valence-corrected chi connectivity index (χ3v) is 3.93. The zero-order valence-corrected chi connectivity index (χ0v) is 15.5. The first-order chi connectivity index (χ1) is 12.1. The van der Waals surface area contributed by atoms with Crippen LogP contribution in [0.2, 0.25) is 0 Å². The number of carbonyl (C=O) groups excluding carboxylic acids is 1. The molecule has 8 nitrogen and oxygen atoms in total. The summed E-state index contributed by atoms with van der Waals surface area (Å²) >= 11 is 0. The van der Waals surface area contributed by atoms with Crippen LogP contribution in [-0.4, -0.2) is 54.8 Å². The van der Waals surface area contributed by atoms with Crippen molar-refractivity contribution < 1.29 is 23.6 Å². The molecule has 1 aromatic rings. The van der Waals surface area contributed by atoms with E-state index < -0.39 is 22.4 Å². The Labute approximate surface area is 151 Å². The van der Waals surface area contributed by atoms with Crippen molar-refractivity contribution in [3.8, 4) is 5.75 Å². The summed E-state index contributed by atoms with van der Waals surface area (Å²) in [5, 5.41) is 11.3. The Morgan fingerprint density at radius 1 is 1.23 bits per heavy atom. The van der Waals surface area contributed by atoms with E-state index in [2.05, 4.69) is 0 Å². The van der Waals surface area contributed by atoms with Crippen LogP contribution >= 0.6 is 0 Å². The topological polar surface area (TPSA) is 85.2 Å². The fourth-order valence-electron chi connectivity index (χ4n) is 2.76. The summed E-state index contributed by atoms with van der Waals surface area (Å²) in [5.41, 5.74) is -0.639. The summed E-state index contributed by atoms with van der Waals surface area (Å²) in [4.78, 5) is 26.3. The number of ether oxygens (including phenoxy) is 2. The molecule has 0 aromatic heterocycles. The normalized spacial score (nSPS) is 15.4. The summed E-state index contributed by atoms with van der Waals surface area (Å²) in [7, 11) is 1.31. The number of nitrogens with zero attached hydrogens (tertiary/aromatic N) is 3. The van der Waals surface area contributed by atoms with Gasteiger partial charge in [0.05, 0.1) is 18.1 Å². The van der Waals surface area contributed by atoms with E-state index in [0.717, 1.165) is 6.07 Å². The number of halogens is 1. The molecule has 0 saturated carbocycles. The van der Waals surface area contributed by atoms with E-state index in [9.17, 15) is 19.3 Å². The van der Waals surface area contributed by atoms with E-state index in [1.807, 2.05) is 0 Å². The van der Waals surface area contributed by atoms with E-state index >= 15 is 0 Å². The fraction of sp³-hybridized carbons (Fsp3) is 0.588. The number of anilines is 1. The maximum atomic E-state index is 13.8. The van der Waals surface area contributed by atoms with E-state index in [4.69, 9.17) is 9.47 Å². The molecule has 1 saturated heterocycles. The highest BCUT2D eigenvalue weighted by atomic mass is 19.1. The van der Waals surface area contributed by atoms with E-state index in [1.165, 1.54) is 13.2 Å². The van der Waals surface area contributed by atoms with Gasteiger partial charge in [0.15, 0.2) is 11.6 Å². The van der Waals surface area contributed by atoms with Crippen LogP contribution in [0, 0.1) is 15.9 Å². The Morgan fingerprint density at radius 3 is 2.50 bits per heavy atom. The summed E-state index contributed by atoms with van der Waals surface area (Å²) in [6.07, 6.45) is 0.196. The van der Waals surface area contributed by atoms with Crippen molar-refractivity contribution in [2.24, 2.45) is 0 Å². The quantitative estimate of drug-likeness (QED) is 0.601. The van der Waals surface area contributed by atoms with Crippen LogP contribution in [0.4, 0.5) is 20.6 Å². The van der Waals surface area contributed by atoms with Gasteiger partial charge in [-0.15, -0.1) is 0 Å². The van der Waals surface area contributed by atoms with Crippen molar-refractivity contribution in [2.45, 2.75) is 32.8 Å². The molecule has 0 bridgehead atoms. The van der Waals surface area contributed by atoms with E-state index in [1.54, 1.807) is 30.6 Å². The van der Waals surface area contributed by atoms with Gasteiger partial charge in [-0.1, -0.05) is 0 Å². The van der Waals surface area contributed by atoms with Crippen LogP contribution in [0.25, 0.3) is 0 Å². The zero-order valence-electron chi connectivity index (χ0n) is 15.5. The highest BCUT2D eigenvalue weighted by molar-refractivity contribution is 5.69. The smallest absolute Gasteiger partial charge is 0.410 e. The second kappa shape index (κ2) is 7.76. The molecule has 144 valence electrons. The summed E-state index contributed by atoms with van der Waals surface area (Å²) in [5.74, 6) is -0.841. The average Bonchev–Trinajstić information content (AvgIpc) is 2.79. The first-order valence-corrected chi connectivity index (χ1v) is 8.37. The number of nitro groups is 1. The predicted octanol–water partition coefficient (Wildman–Crippen LogP) is 3.19. The van der Waals surface area contributed by atoms with Gasteiger partial charge in [0.1, 0.15) is 11.3 Å². The summed E-state index contributed by atoms with van der Waals surface area (Å²) in [6, 6.07) is 2.20. The maximum Gasteiger partial charge on any atom is 0.410 e. The third-order valence-electron chi connectivity index (χ3n) is 3.93. The molecular weight excluding hydrogens is 345 g/mol. The number of benzene rings is 1. The molecule has 0 aliphatic carbocycles. The van der Waals surface area contributed by atoms with Crippen molar-refractivity contribution in [3.05, 3.63) is 28.1 Å².